The third kappa shape index (κ3) is 2.42. The van der Waals surface area contributed by atoms with Crippen molar-refractivity contribution in [3.05, 3.63) is 59.0 Å². The molecule has 0 spiro atoms. The van der Waals surface area contributed by atoms with E-state index in [9.17, 15) is 4.79 Å². The van der Waals surface area contributed by atoms with Crippen LogP contribution in [0.25, 0.3) is 0 Å². The van der Waals surface area contributed by atoms with E-state index < -0.39 is 5.97 Å². The van der Waals surface area contributed by atoms with E-state index in [0.717, 1.165) is 5.56 Å². The van der Waals surface area contributed by atoms with Crippen LogP contribution in [0.5, 0.6) is 0 Å². The number of aromatic nitrogens is 1. The molecule has 1 aromatic heterocycles. The SMILES string of the molecule is Cc1ccc(C2C=C(Nc3cc(C)on3)C(=O)O2)cc1. The number of cyclic esters (lactones) is 1. The van der Waals surface area contributed by atoms with Crippen molar-refractivity contribution < 1.29 is 14.1 Å². The Morgan fingerprint density at radius 2 is 1.95 bits per heavy atom. The zero-order valence-corrected chi connectivity index (χ0v) is 11.2. The highest BCUT2D eigenvalue weighted by molar-refractivity contribution is 5.94. The van der Waals surface area contributed by atoms with Gasteiger partial charge in [0.2, 0.25) is 0 Å². The van der Waals surface area contributed by atoms with Crippen molar-refractivity contribution in [2.24, 2.45) is 0 Å². The topological polar surface area (TPSA) is 64.4 Å². The first-order valence-corrected chi connectivity index (χ1v) is 6.31. The number of aryl methyl sites for hydroxylation is 2. The largest absolute Gasteiger partial charge is 0.448 e. The summed E-state index contributed by atoms with van der Waals surface area (Å²) in [5.41, 5.74) is 2.49. The Morgan fingerprint density at radius 1 is 1.20 bits per heavy atom. The van der Waals surface area contributed by atoms with Gasteiger partial charge in [-0.1, -0.05) is 35.0 Å². The second-order valence-corrected chi connectivity index (χ2v) is 4.76. The van der Waals surface area contributed by atoms with E-state index in [1.165, 1.54) is 5.56 Å². The van der Waals surface area contributed by atoms with Crippen LogP contribution in [0.4, 0.5) is 5.82 Å². The summed E-state index contributed by atoms with van der Waals surface area (Å²) in [4.78, 5) is 11.8. The molecule has 0 aliphatic carbocycles. The number of benzene rings is 1. The number of nitrogens with zero attached hydrogens (tertiary/aromatic N) is 1. The molecule has 1 atom stereocenters. The summed E-state index contributed by atoms with van der Waals surface area (Å²) in [6.07, 6.45) is 1.38. The van der Waals surface area contributed by atoms with Gasteiger partial charge < -0.3 is 14.6 Å². The van der Waals surface area contributed by atoms with Crippen LogP contribution < -0.4 is 5.32 Å². The van der Waals surface area contributed by atoms with Crippen molar-refractivity contribution in [3.63, 3.8) is 0 Å². The Hall–Kier alpha value is -2.56. The quantitative estimate of drug-likeness (QED) is 0.869. The summed E-state index contributed by atoms with van der Waals surface area (Å²) in [7, 11) is 0. The van der Waals surface area contributed by atoms with Gasteiger partial charge in [-0.05, 0) is 25.5 Å². The number of anilines is 1. The molecule has 0 saturated carbocycles. The summed E-state index contributed by atoms with van der Waals surface area (Å²) in [5.74, 6) is 0.779. The lowest BCUT2D eigenvalue weighted by Gasteiger charge is -2.07. The van der Waals surface area contributed by atoms with Crippen molar-refractivity contribution in [1.29, 1.82) is 0 Å². The van der Waals surface area contributed by atoms with Crippen LogP contribution in [0.3, 0.4) is 0 Å². The molecule has 102 valence electrons. The van der Waals surface area contributed by atoms with Crippen molar-refractivity contribution >= 4 is 11.8 Å². The van der Waals surface area contributed by atoms with E-state index in [4.69, 9.17) is 9.26 Å². The number of carbonyl (C=O) groups excluding carboxylic acids is 1. The van der Waals surface area contributed by atoms with Gasteiger partial charge in [0.25, 0.3) is 0 Å². The molecule has 20 heavy (non-hydrogen) atoms. The zero-order chi connectivity index (χ0) is 14.1. The lowest BCUT2D eigenvalue weighted by atomic mass is 10.1. The van der Waals surface area contributed by atoms with Crippen molar-refractivity contribution in [2.75, 3.05) is 5.32 Å². The van der Waals surface area contributed by atoms with Gasteiger partial charge in [0, 0.05) is 6.07 Å². The van der Waals surface area contributed by atoms with E-state index in [0.29, 0.717) is 17.3 Å². The molecule has 0 saturated heterocycles. The molecule has 0 amide bonds. The summed E-state index contributed by atoms with van der Waals surface area (Å²) >= 11 is 0. The first-order chi connectivity index (χ1) is 9.61. The van der Waals surface area contributed by atoms with Gasteiger partial charge in [-0.3, -0.25) is 0 Å². The van der Waals surface area contributed by atoms with E-state index in [1.54, 1.807) is 19.1 Å². The molecular formula is C15H14N2O3. The molecular weight excluding hydrogens is 256 g/mol. The van der Waals surface area contributed by atoms with E-state index in [1.807, 2.05) is 31.2 Å². The maximum absolute atomic E-state index is 11.8. The molecule has 1 aromatic carbocycles. The molecule has 0 radical (unpaired) electrons. The summed E-state index contributed by atoms with van der Waals surface area (Å²) in [5, 5.41) is 6.69. The fraction of sp³-hybridized carbons (Fsp3) is 0.200. The predicted molar refractivity (Wildman–Crippen MR) is 73.0 cm³/mol. The molecule has 5 nitrogen and oxygen atoms in total. The minimum Gasteiger partial charge on any atom is -0.448 e. The lowest BCUT2D eigenvalue weighted by molar-refractivity contribution is -0.139. The molecule has 1 unspecified atom stereocenters. The first-order valence-electron chi connectivity index (χ1n) is 6.31. The van der Waals surface area contributed by atoms with E-state index >= 15 is 0 Å². The Kier molecular flexibility index (Phi) is 3.02. The van der Waals surface area contributed by atoms with Gasteiger partial charge in [0.15, 0.2) is 5.82 Å². The van der Waals surface area contributed by atoms with Crippen molar-refractivity contribution in [2.45, 2.75) is 20.0 Å². The number of esters is 1. The van der Waals surface area contributed by atoms with Crippen LogP contribution in [0, 0.1) is 13.8 Å². The number of hydrogen-bond donors (Lipinski definition) is 1. The molecule has 1 aliphatic rings. The highest BCUT2D eigenvalue weighted by Crippen LogP contribution is 2.28. The van der Waals surface area contributed by atoms with Gasteiger partial charge >= 0.3 is 5.97 Å². The molecule has 1 aliphatic heterocycles. The average Bonchev–Trinajstić information content (AvgIpc) is 2.98. The molecule has 3 rings (SSSR count). The molecule has 2 aromatic rings. The van der Waals surface area contributed by atoms with Gasteiger partial charge in [-0.15, -0.1) is 0 Å². The normalized spacial score (nSPS) is 17.8. The molecule has 2 heterocycles. The number of carbonyl (C=O) groups is 1. The Balaban J connectivity index is 1.79. The first kappa shape index (κ1) is 12.5. The lowest BCUT2D eigenvalue weighted by Crippen LogP contribution is -2.08. The maximum Gasteiger partial charge on any atom is 0.355 e. The second kappa shape index (κ2) is 4.85. The number of ether oxygens (including phenoxy) is 1. The van der Waals surface area contributed by atoms with Crippen LogP contribution in [-0.4, -0.2) is 11.1 Å². The minimum atomic E-state index is -0.392. The third-order valence-electron chi connectivity index (χ3n) is 3.07. The third-order valence-corrected chi connectivity index (χ3v) is 3.07. The molecule has 0 bridgehead atoms. The molecule has 5 heteroatoms. The van der Waals surface area contributed by atoms with Crippen LogP contribution in [-0.2, 0) is 9.53 Å². The van der Waals surface area contributed by atoms with Crippen LogP contribution >= 0.6 is 0 Å². The highest BCUT2D eigenvalue weighted by Gasteiger charge is 2.27. The monoisotopic (exact) mass is 270 g/mol. The highest BCUT2D eigenvalue weighted by atomic mass is 16.5. The van der Waals surface area contributed by atoms with Crippen LogP contribution in [0.15, 0.2) is 46.6 Å². The van der Waals surface area contributed by atoms with Crippen molar-refractivity contribution in [3.8, 4) is 0 Å². The standard InChI is InChI=1S/C15H14N2O3/c1-9-3-5-11(6-4-9)13-8-12(15(18)19-13)16-14-7-10(2)20-17-14/h3-8,13H,1-2H3,(H,16,17). The van der Waals surface area contributed by atoms with Gasteiger partial charge in [0.05, 0.1) is 0 Å². The average molecular weight is 270 g/mol. The van der Waals surface area contributed by atoms with Gasteiger partial charge in [0.1, 0.15) is 17.6 Å². The van der Waals surface area contributed by atoms with Gasteiger partial charge in [-0.25, -0.2) is 4.79 Å². The zero-order valence-electron chi connectivity index (χ0n) is 11.2. The summed E-state index contributed by atoms with van der Waals surface area (Å²) < 4.78 is 10.3. The van der Waals surface area contributed by atoms with E-state index in [2.05, 4.69) is 10.5 Å². The fourth-order valence-electron chi connectivity index (χ4n) is 2.01. The Morgan fingerprint density at radius 3 is 2.60 bits per heavy atom. The van der Waals surface area contributed by atoms with Crippen LogP contribution in [0.2, 0.25) is 0 Å². The minimum absolute atomic E-state index is 0.362. The number of hydrogen-bond acceptors (Lipinski definition) is 5. The predicted octanol–water partition coefficient (Wildman–Crippen LogP) is 2.89. The number of rotatable bonds is 3. The maximum atomic E-state index is 11.8. The summed E-state index contributed by atoms with van der Waals surface area (Å²) in [6.45, 7) is 3.80. The van der Waals surface area contributed by atoms with E-state index in [-0.39, 0.29) is 6.10 Å². The second-order valence-electron chi connectivity index (χ2n) is 4.76. The fourth-order valence-corrected chi connectivity index (χ4v) is 2.01. The Bertz CT molecular complexity index is 671. The Labute approximate surface area is 116 Å². The number of nitrogens with one attached hydrogen (secondary N) is 1. The molecule has 0 fully saturated rings. The van der Waals surface area contributed by atoms with Gasteiger partial charge in [-0.2, -0.15) is 0 Å². The molecule has 1 N–H and O–H groups in total. The van der Waals surface area contributed by atoms with Crippen LogP contribution in [0.1, 0.15) is 23.0 Å². The van der Waals surface area contributed by atoms with Crippen molar-refractivity contribution in [1.82, 2.24) is 5.16 Å². The smallest absolute Gasteiger partial charge is 0.355 e. The summed E-state index contributed by atoms with van der Waals surface area (Å²) in [6, 6.07) is 9.60.